The monoisotopic (exact) mass is 246 g/mol. The zero-order valence-corrected chi connectivity index (χ0v) is 9.15. The fraction of sp³-hybridized carbons (Fsp3) is 0.455. The van der Waals surface area contributed by atoms with E-state index in [2.05, 4.69) is 0 Å². The van der Waals surface area contributed by atoms with Crippen molar-refractivity contribution in [1.29, 1.82) is 0 Å². The normalized spacial score (nSPS) is 15.8. The topological polar surface area (TPSA) is 47.9 Å². The average Bonchev–Trinajstić information content (AvgIpc) is 2.36. The molecule has 0 saturated carbocycles. The van der Waals surface area contributed by atoms with Crippen LogP contribution in [0.2, 0.25) is 0 Å². The third-order valence-electron chi connectivity index (χ3n) is 2.43. The lowest BCUT2D eigenvalue weighted by atomic mass is 10.1. The third kappa shape index (κ3) is 2.26. The Morgan fingerprint density at radius 3 is 2.65 bits per heavy atom. The first kappa shape index (κ1) is 11.9. The molecule has 6 heteroatoms. The molecule has 1 N–H and O–H groups in total. The number of aliphatic hydroxyl groups is 1. The second-order valence-corrected chi connectivity index (χ2v) is 3.53. The van der Waals surface area contributed by atoms with Crippen molar-refractivity contribution in [2.75, 3.05) is 20.3 Å². The number of rotatable bonds is 3. The molecule has 1 aromatic rings. The van der Waals surface area contributed by atoms with E-state index in [4.69, 9.17) is 14.2 Å². The van der Waals surface area contributed by atoms with Crippen molar-refractivity contribution in [2.45, 2.75) is 12.5 Å². The van der Waals surface area contributed by atoms with Gasteiger partial charge in [0.2, 0.25) is 5.75 Å². The van der Waals surface area contributed by atoms with Gasteiger partial charge in [-0.3, -0.25) is 0 Å². The number of hydrogen-bond acceptors (Lipinski definition) is 4. The number of alkyl halides is 2. The van der Waals surface area contributed by atoms with Gasteiger partial charge < -0.3 is 19.3 Å². The molecule has 2 rings (SSSR count). The van der Waals surface area contributed by atoms with E-state index in [9.17, 15) is 13.9 Å². The maximum Gasteiger partial charge on any atom is 0.268 e. The van der Waals surface area contributed by atoms with E-state index >= 15 is 0 Å². The van der Waals surface area contributed by atoms with E-state index in [1.165, 1.54) is 19.2 Å². The van der Waals surface area contributed by atoms with Crippen LogP contribution in [0.4, 0.5) is 8.78 Å². The summed E-state index contributed by atoms with van der Waals surface area (Å²) in [6, 6.07) is 2.66. The summed E-state index contributed by atoms with van der Waals surface area (Å²) in [5.41, 5.74) is 0.0427. The smallest absolute Gasteiger partial charge is 0.268 e. The van der Waals surface area contributed by atoms with Crippen molar-refractivity contribution in [1.82, 2.24) is 0 Å². The minimum atomic E-state index is -2.86. The summed E-state index contributed by atoms with van der Waals surface area (Å²) in [6.45, 7) is 0.713. The number of fused-ring (bicyclic) bond motifs is 1. The maximum absolute atomic E-state index is 12.4. The summed E-state index contributed by atoms with van der Waals surface area (Å²) in [4.78, 5) is 0. The first-order valence-electron chi connectivity index (χ1n) is 5.07. The molecular weight excluding hydrogens is 234 g/mol. The van der Waals surface area contributed by atoms with E-state index < -0.39 is 12.5 Å². The van der Waals surface area contributed by atoms with Gasteiger partial charge in [0.05, 0.1) is 7.11 Å². The summed E-state index contributed by atoms with van der Waals surface area (Å²) in [7, 11) is 1.39. The Bertz CT molecular complexity index is 391. The Labute approximate surface area is 96.7 Å². The molecule has 0 aliphatic carbocycles. The van der Waals surface area contributed by atoms with Gasteiger partial charge in [0.25, 0.3) is 6.43 Å². The fourth-order valence-electron chi connectivity index (χ4n) is 1.61. The standard InChI is InChI=1S/C11H12F2O4/c1-15-7-4-6(9(14)11(12)13)5-8-10(7)17-3-2-16-8/h4-5,9,11,14H,2-3H2,1H3. The van der Waals surface area contributed by atoms with Crippen LogP contribution in [0, 0.1) is 0 Å². The molecule has 0 saturated heterocycles. The lowest BCUT2D eigenvalue weighted by Gasteiger charge is -2.22. The highest BCUT2D eigenvalue weighted by molar-refractivity contribution is 5.55. The largest absolute Gasteiger partial charge is 0.493 e. The first-order valence-corrected chi connectivity index (χ1v) is 5.07. The number of methoxy groups -OCH3 is 1. The van der Waals surface area contributed by atoms with Crippen LogP contribution in [-0.4, -0.2) is 31.9 Å². The number of hydrogen-bond donors (Lipinski definition) is 1. The van der Waals surface area contributed by atoms with Crippen LogP contribution in [0.5, 0.6) is 17.2 Å². The lowest BCUT2D eigenvalue weighted by Crippen LogP contribution is -2.17. The van der Waals surface area contributed by atoms with Crippen molar-refractivity contribution >= 4 is 0 Å². The van der Waals surface area contributed by atoms with Gasteiger partial charge in [-0.2, -0.15) is 0 Å². The zero-order chi connectivity index (χ0) is 12.4. The molecule has 1 heterocycles. The number of benzene rings is 1. The number of ether oxygens (including phenoxy) is 3. The fourth-order valence-corrected chi connectivity index (χ4v) is 1.61. The highest BCUT2D eigenvalue weighted by atomic mass is 19.3. The predicted molar refractivity (Wildman–Crippen MR) is 54.9 cm³/mol. The molecule has 17 heavy (non-hydrogen) atoms. The van der Waals surface area contributed by atoms with Gasteiger partial charge >= 0.3 is 0 Å². The van der Waals surface area contributed by atoms with E-state index in [0.717, 1.165) is 0 Å². The van der Waals surface area contributed by atoms with Gasteiger partial charge in [0, 0.05) is 0 Å². The lowest BCUT2D eigenvalue weighted by molar-refractivity contribution is -0.00613. The van der Waals surface area contributed by atoms with Crippen LogP contribution < -0.4 is 14.2 Å². The van der Waals surface area contributed by atoms with Gasteiger partial charge in [0.15, 0.2) is 11.5 Å². The molecule has 1 aliphatic rings. The Balaban J connectivity index is 2.42. The maximum atomic E-state index is 12.4. The quantitative estimate of drug-likeness (QED) is 0.882. The molecule has 0 amide bonds. The molecule has 0 spiro atoms. The molecule has 0 aromatic heterocycles. The van der Waals surface area contributed by atoms with Crippen LogP contribution in [-0.2, 0) is 0 Å². The number of halogens is 2. The zero-order valence-electron chi connectivity index (χ0n) is 9.15. The van der Waals surface area contributed by atoms with Gasteiger partial charge in [-0.25, -0.2) is 8.78 Å². The summed E-state index contributed by atoms with van der Waals surface area (Å²) >= 11 is 0. The van der Waals surface area contributed by atoms with E-state index in [-0.39, 0.29) is 11.3 Å². The van der Waals surface area contributed by atoms with Crippen molar-refractivity contribution in [3.8, 4) is 17.2 Å². The minimum absolute atomic E-state index is 0.0427. The van der Waals surface area contributed by atoms with Crippen molar-refractivity contribution < 1.29 is 28.1 Å². The first-order chi connectivity index (χ1) is 8.13. The molecule has 0 radical (unpaired) electrons. The SMILES string of the molecule is COc1cc(C(O)C(F)F)cc2c1OCCO2. The average molecular weight is 246 g/mol. The molecule has 1 unspecified atom stereocenters. The molecule has 94 valence electrons. The van der Waals surface area contributed by atoms with Crippen LogP contribution in [0.15, 0.2) is 12.1 Å². The Hall–Kier alpha value is -1.56. The van der Waals surface area contributed by atoms with Gasteiger partial charge in [-0.05, 0) is 17.7 Å². The van der Waals surface area contributed by atoms with E-state index in [1.807, 2.05) is 0 Å². The molecule has 4 nitrogen and oxygen atoms in total. The van der Waals surface area contributed by atoms with Crippen LogP contribution in [0.3, 0.4) is 0 Å². The Kier molecular flexibility index (Phi) is 3.33. The minimum Gasteiger partial charge on any atom is -0.493 e. The molecule has 0 fully saturated rings. The summed E-state index contributed by atoms with van der Waals surface area (Å²) in [6.07, 6.45) is -4.72. The van der Waals surface area contributed by atoms with Crippen molar-refractivity contribution in [2.24, 2.45) is 0 Å². The molecule has 1 atom stereocenters. The van der Waals surface area contributed by atoms with E-state index in [1.54, 1.807) is 0 Å². The summed E-state index contributed by atoms with van der Waals surface area (Å²) in [5.74, 6) is 0.964. The van der Waals surface area contributed by atoms with Crippen molar-refractivity contribution in [3.05, 3.63) is 17.7 Å². The summed E-state index contributed by atoms with van der Waals surface area (Å²) in [5, 5.41) is 9.32. The predicted octanol–water partition coefficient (Wildman–Crippen LogP) is 1.76. The number of aliphatic hydroxyl groups excluding tert-OH is 1. The van der Waals surface area contributed by atoms with Crippen molar-refractivity contribution in [3.63, 3.8) is 0 Å². The van der Waals surface area contributed by atoms with E-state index in [0.29, 0.717) is 24.7 Å². The highest BCUT2D eigenvalue weighted by Gasteiger charge is 2.25. The highest BCUT2D eigenvalue weighted by Crippen LogP contribution is 2.42. The van der Waals surface area contributed by atoms with Crippen LogP contribution in [0.1, 0.15) is 11.7 Å². The molecular formula is C11H12F2O4. The van der Waals surface area contributed by atoms with Gasteiger partial charge in [0.1, 0.15) is 19.3 Å². The second-order valence-electron chi connectivity index (χ2n) is 3.53. The Morgan fingerprint density at radius 1 is 1.29 bits per heavy atom. The molecule has 0 bridgehead atoms. The summed E-state index contributed by atoms with van der Waals surface area (Å²) < 4.78 is 40.5. The van der Waals surface area contributed by atoms with Gasteiger partial charge in [-0.1, -0.05) is 0 Å². The second kappa shape index (κ2) is 4.75. The van der Waals surface area contributed by atoms with Crippen LogP contribution >= 0.6 is 0 Å². The third-order valence-corrected chi connectivity index (χ3v) is 2.43. The van der Waals surface area contributed by atoms with Crippen LogP contribution in [0.25, 0.3) is 0 Å². The Morgan fingerprint density at radius 2 is 2.00 bits per heavy atom. The molecule has 1 aromatic carbocycles. The molecule has 1 aliphatic heterocycles. The van der Waals surface area contributed by atoms with Gasteiger partial charge in [-0.15, -0.1) is 0 Å².